The van der Waals surface area contributed by atoms with Crippen LogP contribution in [-0.4, -0.2) is 24.6 Å². The molecule has 1 aromatic heterocycles. The monoisotopic (exact) mass is 396 g/mol. The van der Waals surface area contributed by atoms with E-state index in [1.165, 1.54) is 30.6 Å². The smallest absolute Gasteiger partial charge is 0.230 e. The topological polar surface area (TPSA) is 69.2 Å². The summed E-state index contributed by atoms with van der Waals surface area (Å²) in [7, 11) is -3.39. The number of halogens is 2. The van der Waals surface area contributed by atoms with Crippen LogP contribution in [0.2, 0.25) is 0 Å². The van der Waals surface area contributed by atoms with Crippen molar-refractivity contribution in [2.75, 3.05) is 6.26 Å². The molecule has 0 radical (unpaired) electrons. The zero-order chi connectivity index (χ0) is 16.6. The average molecular weight is 397 g/mol. The lowest BCUT2D eigenvalue weighted by molar-refractivity contribution is 0.431. The van der Waals surface area contributed by atoms with E-state index in [1.54, 1.807) is 12.1 Å². The Labute approximate surface area is 140 Å². The maximum atomic E-state index is 13.9. The molecule has 118 valence electrons. The number of aromatic nitrogens is 2. The van der Waals surface area contributed by atoms with Crippen molar-refractivity contribution in [3.63, 3.8) is 0 Å². The zero-order valence-corrected chi connectivity index (χ0v) is 14.2. The van der Waals surface area contributed by atoms with Crippen molar-refractivity contribution in [2.24, 2.45) is 0 Å². The fourth-order valence-electron chi connectivity index (χ4n) is 1.99. The van der Waals surface area contributed by atoms with Crippen LogP contribution in [-0.2, 0) is 9.84 Å². The van der Waals surface area contributed by atoms with Gasteiger partial charge in [0, 0.05) is 10.7 Å². The molecule has 2 aromatic carbocycles. The first-order valence-corrected chi connectivity index (χ1v) is 9.11. The molecule has 0 aliphatic rings. The zero-order valence-electron chi connectivity index (χ0n) is 11.8. The van der Waals surface area contributed by atoms with Crippen molar-refractivity contribution in [1.29, 1.82) is 0 Å². The number of ether oxygens (including phenoxy) is 1. The summed E-state index contributed by atoms with van der Waals surface area (Å²) in [6, 6.07) is 8.77. The lowest BCUT2D eigenvalue weighted by Crippen LogP contribution is -1.98. The summed E-state index contributed by atoms with van der Waals surface area (Å²) >= 11 is 3.16. The molecule has 0 unspecified atom stereocenters. The molecule has 0 bridgehead atoms. The molecule has 0 aliphatic heterocycles. The van der Waals surface area contributed by atoms with Crippen LogP contribution in [0.4, 0.5) is 4.39 Å². The summed E-state index contributed by atoms with van der Waals surface area (Å²) in [5.74, 6) is -0.495. The van der Waals surface area contributed by atoms with Gasteiger partial charge in [-0.05, 0) is 36.4 Å². The Hall–Kier alpha value is -2.06. The molecule has 8 heteroatoms. The Morgan fingerprint density at radius 3 is 2.61 bits per heavy atom. The first kappa shape index (κ1) is 15.8. The standard InChI is InChI=1S/C15H10BrFN2O3S/c1-23(20,21)10-3-4-13-11(7-10)15(19-8-18-13)22-14-5-2-9(16)6-12(14)17/h2-8H,1H3. The quantitative estimate of drug-likeness (QED) is 0.674. The number of nitrogens with zero attached hydrogens (tertiary/aromatic N) is 2. The Bertz CT molecular complexity index is 1010. The van der Waals surface area contributed by atoms with Gasteiger partial charge in [0.05, 0.1) is 15.8 Å². The molecule has 0 saturated heterocycles. The number of hydrogen-bond acceptors (Lipinski definition) is 5. The molecule has 5 nitrogen and oxygen atoms in total. The van der Waals surface area contributed by atoms with Gasteiger partial charge in [-0.1, -0.05) is 15.9 Å². The highest BCUT2D eigenvalue weighted by Crippen LogP contribution is 2.30. The average Bonchev–Trinajstić information content (AvgIpc) is 2.49. The summed E-state index contributed by atoms with van der Waals surface area (Å²) in [6.07, 6.45) is 2.38. The van der Waals surface area contributed by atoms with E-state index in [9.17, 15) is 12.8 Å². The van der Waals surface area contributed by atoms with Gasteiger partial charge >= 0.3 is 0 Å². The van der Waals surface area contributed by atoms with Gasteiger partial charge in [0.1, 0.15) is 6.33 Å². The van der Waals surface area contributed by atoms with E-state index in [4.69, 9.17) is 4.74 Å². The normalized spacial score (nSPS) is 11.6. The second-order valence-electron chi connectivity index (χ2n) is 4.81. The highest BCUT2D eigenvalue weighted by Gasteiger charge is 2.13. The SMILES string of the molecule is CS(=O)(=O)c1ccc2ncnc(Oc3ccc(Br)cc3F)c2c1. The molecule has 0 atom stereocenters. The summed E-state index contributed by atoms with van der Waals surface area (Å²) < 4.78 is 43.4. The maximum absolute atomic E-state index is 13.9. The van der Waals surface area contributed by atoms with E-state index in [1.807, 2.05) is 0 Å². The molecule has 1 heterocycles. The van der Waals surface area contributed by atoms with Crippen molar-refractivity contribution in [3.05, 3.63) is 53.0 Å². The van der Waals surface area contributed by atoms with Gasteiger partial charge in [-0.3, -0.25) is 0 Å². The van der Waals surface area contributed by atoms with Gasteiger partial charge in [-0.15, -0.1) is 0 Å². The molecule has 0 fully saturated rings. The molecule has 0 spiro atoms. The second kappa shape index (κ2) is 5.86. The molecule has 0 aliphatic carbocycles. The number of hydrogen-bond donors (Lipinski definition) is 0. The minimum Gasteiger partial charge on any atom is -0.435 e. The van der Waals surface area contributed by atoms with E-state index in [2.05, 4.69) is 25.9 Å². The van der Waals surface area contributed by atoms with Crippen LogP contribution in [0.15, 0.2) is 52.1 Å². The Kier molecular flexibility index (Phi) is 4.03. The lowest BCUT2D eigenvalue weighted by atomic mass is 10.2. The second-order valence-corrected chi connectivity index (χ2v) is 7.74. The predicted octanol–water partition coefficient (Wildman–Crippen LogP) is 3.73. The Morgan fingerprint density at radius 1 is 1.13 bits per heavy atom. The molecule has 3 aromatic rings. The van der Waals surface area contributed by atoms with E-state index in [-0.39, 0.29) is 16.5 Å². The van der Waals surface area contributed by atoms with Crippen molar-refractivity contribution >= 4 is 36.7 Å². The van der Waals surface area contributed by atoms with E-state index >= 15 is 0 Å². The first-order chi connectivity index (χ1) is 10.8. The molecule has 0 N–H and O–H groups in total. The van der Waals surface area contributed by atoms with Crippen LogP contribution in [0.1, 0.15) is 0 Å². The Balaban J connectivity index is 2.13. The number of fused-ring (bicyclic) bond motifs is 1. The molecule has 0 saturated carbocycles. The van der Waals surface area contributed by atoms with Crippen molar-refractivity contribution in [3.8, 4) is 11.6 Å². The fraction of sp³-hybridized carbons (Fsp3) is 0.0667. The summed E-state index contributed by atoms with van der Waals surface area (Å²) in [6.45, 7) is 0. The highest BCUT2D eigenvalue weighted by molar-refractivity contribution is 9.10. The van der Waals surface area contributed by atoms with Gasteiger partial charge in [0.15, 0.2) is 21.4 Å². The summed E-state index contributed by atoms with van der Waals surface area (Å²) in [5, 5.41) is 0.387. The van der Waals surface area contributed by atoms with Crippen LogP contribution < -0.4 is 4.74 Å². The molecule has 23 heavy (non-hydrogen) atoms. The van der Waals surface area contributed by atoms with Gasteiger partial charge in [0.25, 0.3) is 0 Å². The van der Waals surface area contributed by atoms with Crippen LogP contribution in [0.3, 0.4) is 0 Å². The van der Waals surface area contributed by atoms with E-state index in [0.29, 0.717) is 15.4 Å². The molecular formula is C15H10BrFN2O3S. The van der Waals surface area contributed by atoms with E-state index < -0.39 is 15.7 Å². The van der Waals surface area contributed by atoms with Gasteiger partial charge < -0.3 is 4.74 Å². The minimum atomic E-state index is -3.39. The molecular weight excluding hydrogens is 387 g/mol. The van der Waals surface area contributed by atoms with Crippen LogP contribution >= 0.6 is 15.9 Å². The van der Waals surface area contributed by atoms with Crippen LogP contribution in [0.25, 0.3) is 10.9 Å². The van der Waals surface area contributed by atoms with Gasteiger partial charge in [-0.25, -0.2) is 22.8 Å². The van der Waals surface area contributed by atoms with Crippen molar-refractivity contribution in [1.82, 2.24) is 9.97 Å². The minimum absolute atomic E-state index is 0.0158. The third-order valence-corrected chi connectivity index (χ3v) is 4.70. The fourth-order valence-corrected chi connectivity index (χ4v) is 2.97. The maximum Gasteiger partial charge on any atom is 0.230 e. The third kappa shape index (κ3) is 3.32. The van der Waals surface area contributed by atoms with Gasteiger partial charge in [-0.2, -0.15) is 0 Å². The van der Waals surface area contributed by atoms with Crippen molar-refractivity contribution in [2.45, 2.75) is 4.90 Å². The van der Waals surface area contributed by atoms with Crippen LogP contribution in [0, 0.1) is 5.82 Å². The summed E-state index contributed by atoms with van der Waals surface area (Å²) in [4.78, 5) is 8.15. The highest BCUT2D eigenvalue weighted by atomic mass is 79.9. The number of sulfone groups is 1. The van der Waals surface area contributed by atoms with Crippen molar-refractivity contribution < 1.29 is 17.5 Å². The molecule has 0 amide bonds. The van der Waals surface area contributed by atoms with Gasteiger partial charge in [0.2, 0.25) is 5.88 Å². The number of benzene rings is 2. The first-order valence-electron chi connectivity index (χ1n) is 6.42. The van der Waals surface area contributed by atoms with Crippen LogP contribution in [0.5, 0.6) is 11.6 Å². The summed E-state index contributed by atoms with van der Waals surface area (Å²) in [5.41, 5.74) is 0.500. The molecule has 3 rings (SSSR count). The predicted molar refractivity (Wildman–Crippen MR) is 86.8 cm³/mol. The third-order valence-electron chi connectivity index (χ3n) is 3.10. The van der Waals surface area contributed by atoms with E-state index in [0.717, 1.165) is 6.26 Å². The largest absolute Gasteiger partial charge is 0.435 e. The Morgan fingerprint density at radius 2 is 1.91 bits per heavy atom. The lowest BCUT2D eigenvalue weighted by Gasteiger charge is -2.09. The number of rotatable bonds is 3.